The number of anilines is 1. The van der Waals surface area contributed by atoms with Crippen molar-refractivity contribution < 1.29 is 14.3 Å². The van der Waals surface area contributed by atoms with Gasteiger partial charge in [-0.05, 0) is 48.7 Å². The third-order valence-corrected chi connectivity index (χ3v) is 4.97. The zero-order valence-electron chi connectivity index (χ0n) is 13.6. The van der Waals surface area contributed by atoms with E-state index in [0.717, 1.165) is 30.5 Å². The molecule has 0 fully saturated rings. The molecule has 2 heterocycles. The summed E-state index contributed by atoms with van der Waals surface area (Å²) < 4.78 is 11.3. The number of ether oxygens (including phenoxy) is 2. The molecule has 2 aromatic carbocycles. The number of amides is 1. The van der Waals surface area contributed by atoms with Crippen LogP contribution in [0, 0.1) is 0 Å². The minimum Gasteiger partial charge on any atom is -0.489 e. The number of nitrogens with zero attached hydrogens (tertiary/aromatic N) is 1. The first-order chi connectivity index (χ1) is 12.1. The maximum absolute atomic E-state index is 13.1. The number of hydrogen-bond acceptors (Lipinski definition) is 3. The van der Waals surface area contributed by atoms with Crippen molar-refractivity contribution in [1.29, 1.82) is 0 Å². The van der Waals surface area contributed by atoms with Crippen molar-refractivity contribution in [3.05, 3.63) is 51.5 Å². The van der Waals surface area contributed by atoms with E-state index < -0.39 is 0 Å². The lowest BCUT2D eigenvalue weighted by molar-refractivity contribution is 0.0984. The van der Waals surface area contributed by atoms with Gasteiger partial charge >= 0.3 is 0 Å². The van der Waals surface area contributed by atoms with Crippen molar-refractivity contribution in [3.63, 3.8) is 0 Å². The summed E-state index contributed by atoms with van der Waals surface area (Å²) in [6.07, 6.45) is 2.60. The molecule has 2 aromatic rings. The largest absolute Gasteiger partial charge is 0.489 e. The molecule has 0 bridgehead atoms. The summed E-state index contributed by atoms with van der Waals surface area (Å²) in [4.78, 5) is 14.9. The number of rotatable bonds is 1. The van der Waals surface area contributed by atoms with Crippen LogP contribution in [0.5, 0.6) is 11.5 Å². The van der Waals surface area contributed by atoms with Crippen LogP contribution in [0.2, 0.25) is 10.0 Å². The van der Waals surface area contributed by atoms with E-state index >= 15 is 0 Å². The molecule has 130 valence electrons. The highest BCUT2D eigenvalue weighted by molar-refractivity contribution is 6.33. The Morgan fingerprint density at radius 2 is 1.88 bits per heavy atom. The Labute approximate surface area is 156 Å². The zero-order chi connectivity index (χ0) is 17.4. The highest BCUT2D eigenvalue weighted by Gasteiger charge is 2.26. The van der Waals surface area contributed by atoms with Crippen molar-refractivity contribution in [2.45, 2.75) is 19.3 Å². The molecule has 25 heavy (non-hydrogen) atoms. The molecule has 4 nitrogen and oxygen atoms in total. The van der Waals surface area contributed by atoms with Crippen LogP contribution >= 0.6 is 23.2 Å². The molecule has 2 aliphatic heterocycles. The van der Waals surface area contributed by atoms with Crippen molar-refractivity contribution in [3.8, 4) is 11.5 Å². The maximum Gasteiger partial charge on any atom is 0.258 e. The fraction of sp³-hybridized carbons (Fsp3) is 0.316. The molecule has 0 aliphatic carbocycles. The predicted octanol–water partition coefficient (Wildman–Crippen LogP) is 4.75. The minimum absolute atomic E-state index is 0.0965. The average Bonchev–Trinajstić information content (AvgIpc) is 2.86. The summed E-state index contributed by atoms with van der Waals surface area (Å²) >= 11 is 12.4. The number of aryl methyl sites for hydroxylation is 1. The van der Waals surface area contributed by atoms with Crippen LogP contribution < -0.4 is 14.4 Å². The average molecular weight is 378 g/mol. The van der Waals surface area contributed by atoms with E-state index in [1.165, 1.54) is 0 Å². The molecule has 0 atom stereocenters. The summed E-state index contributed by atoms with van der Waals surface area (Å²) in [5.41, 5.74) is 2.49. The van der Waals surface area contributed by atoms with Crippen molar-refractivity contribution in [2.75, 3.05) is 24.7 Å². The summed E-state index contributed by atoms with van der Waals surface area (Å²) in [7, 11) is 0. The quantitative estimate of drug-likeness (QED) is 0.719. The van der Waals surface area contributed by atoms with Crippen molar-refractivity contribution >= 4 is 34.8 Å². The Kier molecular flexibility index (Phi) is 4.48. The van der Waals surface area contributed by atoms with Gasteiger partial charge in [0.15, 0.2) is 11.5 Å². The summed E-state index contributed by atoms with van der Waals surface area (Å²) in [5, 5.41) is 1.09. The van der Waals surface area contributed by atoms with Crippen LogP contribution in [-0.4, -0.2) is 25.7 Å². The lowest BCUT2D eigenvalue weighted by Crippen LogP contribution is -2.35. The Morgan fingerprint density at radius 3 is 2.76 bits per heavy atom. The number of carbonyl (C=O) groups excluding carboxylic acids is 1. The highest BCUT2D eigenvalue weighted by atomic mass is 35.5. The Bertz CT molecular complexity index is 838. The number of fused-ring (bicyclic) bond motifs is 2. The molecule has 0 unspecified atom stereocenters. The second kappa shape index (κ2) is 6.77. The number of carbonyl (C=O) groups is 1. The normalized spacial score (nSPS) is 16.2. The Balaban J connectivity index is 1.71. The van der Waals surface area contributed by atoms with Gasteiger partial charge in [0.05, 0.1) is 18.2 Å². The second-order valence-electron chi connectivity index (χ2n) is 6.17. The van der Waals surface area contributed by atoms with E-state index in [2.05, 4.69) is 0 Å². The number of hydrogen-bond donors (Lipinski definition) is 0. The van der Waals surface area contributed by atoms with Crippen LogP contribution in [0.4, 0.5) is 5.69 Å². The molecule has 0 spiro atoms. The standard InChI is InChI=1S/C19H17Cl2NO3/c20-14-4-5-16-12(9-14)3-1-6-22(16)19(23)13-10-15(21)18-17(11-13)24-7-2-8-25-18/h4-5,9-11H,1-3,6-8H2. The molecule has 4 rings (SSSR count). The van der Waals surface area contributed by atoms with Gasteiger partial charge in [-0.2, -0.15) is 0 Å². The number of halogens is 2. The number of benzene rings is 2. The van der Waals surface area contributed by atoms with Gasteiger partial charge in [0, 0.05) is 29.2 Å². The van der Waals surface area contributed by atoms with Crippen LogP contribution in [0.15, 0.2) is 30.3 Å². The van der Waals surface area contributed by atoms with Gasteiger partial charge in [0.1, 0.15) is 0 Å². The van der Waals surface area contributed by atoms with E-state index in [9.17, 15) is 4.79 Å². The molecular formula is C19H17Cl2NO3. The maximum atomic E-state index is 13.1. The van der Waals surface area contributed by atoms with Crippen LogP contribution in [0.1, 0.15) is 28.8 Å². The van der Waals surface area contributed by atoms with Crippen LogP contribution in [0.3, 0.4) is 0 Å². The first-order valence-corrected chi connectivity index (χ1v) is 9.08. The monoisotopic (exact) mass is 377 g/mol. The van der Waals surface area contributed by atoms with Crippen molar-refractivity contribution in [2.24, 2.45) is 0 Å². The van der Waals surface area contributed by atoms with Gasteiger partial charge < -0.3 is 14.4 Å². The lowest BCUT2D eigenvalue weighted by atomic mass is 10.0. The van der Waals surface area contributed by atoms with Gasteiger partial charge in [0.25, 0.3) is 5.91 Å². The molecule has 0 saturated carbocycles. The van der Waals surface area contributed by atoms with Crippen molar-refractivity contribution in [1.82, 2.24) is 0 Å². The van der Waals surface area contributed by atoms with Gasteiger partial charge in [-0.15, -0.1) is 0 Å². The van der Waals surface area contributed by atoms with Gasteiger partial charge in [-0.1, -0.05) is 23.2 Å². The first kappa shape index (κ1) is 16.6. The predicted molar refractivity (Wildman–Crippen MR) is 98.5 cm³/mol. The zero-order valence-corrected chi connectivity index (χ0v) is 15.1. The molecule has 0 radical (unpaired) electrons. The fourth-order valence-corrected chi connectivity index (χ4v) is 3.75. The van der Waals surface area contributed by atoms with Gasteiger partial charge in [-0.3, -0.25) is 4.79 Å². The second-order valence-corrected chi connectivity index (χ2v) is 7.01. The topological polar surface area (TPSA) is 38.8 Å². The fourth-order valence-electron chi connectivity index (χ4n) is 3.29. The summed E-state index contributed by atoms with van der Waals surface area (Å²) in [6.45, 7) is 1.77. The van der Waals surface area contributed by atoms with E-state index in [-0.39, 0.29) is 5.91 Å². The van der Waals surface area contributed by atoms with E-state index in [4.69, 9.17) is 32.7 Å². The third-order valence-electron chi connectivity index (χ3n) is 4.45. The first-order valence-electron chi connectivity index (χ1n) is 8.33. The SMILES string of the molecule is O=C(c1cc(Cl)c2c(c1)OCCCO2)N1CCCc2cc(Cl)ccc21. The molecular weight excluding hydrogens is 361 g/mol. The molecule has 6 heteroatoms. The highest BCUT2D eigenvalue weighted by Crippen LogP contribution is 2.39. The molecule has 0 aromatic heterocycles. The van der Waals surface area contributed by atoms with Crippen LogP contribution in [0.25, 0.3) is 0 Å². The van der Waals surface area contributed by atoms with E-state index in [0.29, 0.717) is 46.9 Å². The summed E-state index contributed by atoms with van der Waals surface area (Å²) in [5.74, 6) is 0.948. The summed E-state index contributed by atoms with van der Waals surface area (Å²) in [6, 6.07) is 9.02. The Morgan fingerprint density at radius 1 is 1.04 bits per heavy atom. The van der Waals surface area contributed by atoms with Gasteiger partial charge in [-0.25, -0.2) is 0 Å². The Hall–Kier alpha value is -1.91. The van der Waals surface area contributed by atoms with E-state index in [1.807, 2.05) is 18.2 Å². The molecule has 2 aliphatic rings. The minimum atomic E-state index is -0.0965. The lowest BCUT2D eigenvalue weighted by Gasteiger charge is -2.30. The van der Waals surface area contributed by atoms with E-state index in [1.54, 1.807) is 17.0 Å². The molecule has 0 saturated heterocycles. The molecule has 1 amide bonds. The molecule has 0 N–H and O–H groups in total. The van der Waals surface area contributed by atoms with Gasteiger partial charge in [0.2, 0.25) is 0 Å². The van der Waals surface area contributed by atoms with Crippen LogP contribution in [-0.2, 0) is 6.42 Å². The third kappa shape index (κ3) is 3.16. The smallest absolute Gasteiger partial charge is 0.258 e.